The molecule has 0 saturated carbocycles. The highest BCUT2D eigenvalue weighted by Gasteiger charge is 2.23. The molecule has 2 heterocycles. The van der Waals surface area contributed by atoms with E-state index in [0.29, 0.717) is 10.0 Å². The molecule has 1 unspecified atom stereocenters. The van der Waals surface area contributed by atoms with Crippen LogP contribution in [0.25, 0.3) is 21.9 Å². The topological polar surface area (TPSA) is 33.6 Å². The number of aromatic nitrogens is 3. The Morgan fingerprint density at radius 2 is 1.72 bits per heavy atom. The standard InChI is InChI=1S/C24H17Cl2N3/c25-19-7-8-20(23(26)12-19)24(29-10-9-27-15-29)22-14-28-13-21(22)18-6-5-16-3-1-2-4-17(16)11-18/h1-15,24,28H. The van der Waals surface area contributed by atoms with Gasteiger partial charge in [-0.25, -0.2) is 4.98 Å². The first-order valence-corrected chi connectivity index (χ1v) is 10.0. The summed E-state index contributed by atoms with van der Waals surface area (Å²) in [6.07, 6.45) is 9.60. The van der Waals surface area contributed by atoms with Crippen LogP contribution in [0.4, 0.5) is 0 Å². The van der Waals surface area contributed by atoms with Crippen LogP contribution in [0, 0.1) is 0 Å². The number of benzene rings is 3. The maximum Gasteiger partial charge on any atom is 0.0954 e. The lowest BCUT2D eigenvalue weighted by Gasteiger charge is -2.21. The summed E-state index contributed by atoms with van der Waals surface area (Å²) in [5.41, 5.74) is 4.36. The van der Waals surface area contributed by atoms with Gasteiger partial charge in [0.15, 0.2) is 0 Å². The first-order chi connectivity index (χ1) is 14.2. The lowest BCUT2D eigenvalue weighted by Crippen LogP contribution is -2.11. The van der Waals surface area contributed by atoms with Crippen molar-refractivity contribution in [1.82, 2.24) is 14.5 Å². The largest absolute Gasteiger partial charge is 0.367 e. The third-order valence-corrected chi connectivity index (χ3v) is 5.78. The SMILES string of the molecule is Clc1ccc(C(c2c[nH]cc2-c2ccc3ccccc3c2)n2ccnc2)c(Cl)c1. The van der Waals surface area contributed by atoms with Crippen LogP contribution in [0.1, 0.15) is 17.2 Å². The smallest absolute Gasteiger partial charge is 0.0954 e. The van der Waals surface area contributed by atoms with Gasteiger partial charge in [0.1, 0.15) is 0 Å². The molecular weight excluding hydrogens is 401 g/mol. The highest BCUT2D eigenvalue weighted by Crippen LogP contribution is 2.38. The Hall–Kier alpha value is -3.01. The van der Waals surface area contributed by atoms with Gasteiger partial charge in [-0.15, -0.1) is 0 Å². The first-order valence-electron chi connectivity index (χ1n) is 9.29. The molecule has 3 aromatic carbocycles. The lowest BCUT2D eigenvalue weighted by atomic mass is 9.93. The number of nitrogens with zero attached hydrogens (tertiary/aromatic N) is 2. The summed E-state index contributed by atoms with van der Waals surface area (Å²) < 4.78 is 2.06. The Labute approximate surface area is 178 Å². The van der Waals surface area contributed by atoms with Crippen LogP contribution >= 0.6 is 23.2 Å². The zero-order valence-electron chi connectivity index (χ0n) is 15.4. The van der Waals surface area contributed by atoms with Crippen LogP contribution < -0.4 is 0 Å². The third kappa shape index (κ3) is 3.33. The molecule has 5 aromatic rings. The van der Waals surface area contributed by atoms with E-state index in [1.54, 1.807) is 12.3 Å². The normalized spacial score (nSPS) is 12.3. The van der Waals surface area contributed by atoms with E-state index in [0.717, 1.165) is 22.3 Å². The molecule has 0 aliphatic rings. The number of rotatable bonds is 4. The Morgan fingerprint density at radius 3 is 2.52 bits per heavy atom. The molecule has 0 amide bonds. The monoisotopic (exact) mass is 417 g/mol. The van der Waals surface area contributed by atoms with Gasteiger partial charge in [-0.3, -0.25) is 0 Å². The fourth-order valence-corrected chi connectivity index (χ4v) is 4.35. The fourth-order valence-electron chi connectivity index (χ4n) is 3.84. The second-order valence-electron chi connectivity index (χ2n) is 6.96. The summed E-state index contributed by atoms with van der Waals surface area (Å²) >= 11 is 12.8. The molecule has 0 radical (unpaired) electrons. The van der Waals surface area contributed by atoms with Crippen molar-refractivity contribution in [1.29, 1.82) is 0 Å². The van der Waals surface area contributed by atoms with Gasteiger partial charge >= 0.3 is 0 Å². The maximum absolute atomic E-state index is 6.61. The molecule has 2 aromatic heterocycles. The van der Waals surface area contributed by atoms with E-state index >= 15 is 0 Å². The molecular formula is C24H17Cl2N3. The van der Waals surface area contributed by atoms with Gasteiger partial charge in [-0.2, -0.15) is 0 Å². The van der Waals surface area contributed by atoms with Crippen LogP contribution in [0.15, 0.2) is 91.8 Å². The van der Waals surface area contributed by atoms with Crippen molar-refractivity contribution in [2.24, 2.45) is 0 Å². The minimum Gasteiger partial charge on any atom is -0.367 e. The zero-order chi connectivity index (χ0) is 19.8. The summed E-state index contributed by atoms with van der Waals surface area (Å²) in [5, 5.41) is 3.68. The van der Waals surface area contributed by atoms with Crippen LogP contribution in [-0.2, 0) is 0 Å². The van der Waals surface area contributed by atoms with Gasteiger partial charge in [0.25, 0.3) is 0 Å². The molecule has 1 atom stereocenters. The van der Waals surface area contributed by atoms with Crippen molar-refractivity contribution < 1.29 is 0 Å². The number of halogens is 2. The van der Waals surface area contributed by atoms with Crippen LogP contribution in [-0.4, -0.2) is 14.5 Å². The summed E-state index contributed by atoms with van der Waals surface area (Å²) in [6, 6.07) is 20.4. The lowest BCUT2D eigenvalue weighted by molar-refractivity contribution is 0.679. The van der Waals surface area contributed by atoms with Gasteiger partial charge in [0.2, 0.25) is 0 Å². The molecule has 29 heavy (non-hydrogen) atoms. The van der Waals surface area contributed by atoms with E-state index in [9.17, 15) is 0 Å². The van der Waals surface area contributed by atoms with Gasteiger partial charge in [0.05, 0.1) is 12.4 Å². The minimum absolute atomic E-state index is 0.130. The summed E-state index contributed by atoms with van der Waals surface area (Å²) in [6.45, 7) is 0. The number of hydrogen-bond donors (Lipinski definition) is 1. The van der Waals surface area contributed by atoms with Crippen molar-refractivity contribution >= 4 is 34.0 Å². The van der Waals surface area contributed by atoms with E-state index in [2.05, 4.69) is 57.0 Å². The van der Waals surface area contributed by atoms with Gasteiger partial charge in [-0.05, 0) is 40.1 Å². The van der Waals surface area contributed by atoms with Crippen molar-refractivity contribution in [3.63, 3.8) is 0 Å². The van der Waals surface area contributed by atoms with Gasteiger partial charge < -0.3 is 9.55 Å². The second kappa shape index (κ2) is 7.43. The number of hydrogen-bond acceptors (Lipinski definition) is 1. The number of aromatic amines is 1. The molecule has 5 rings (SSSR count). The van der Waals surface area contributed by atoms with Crippen molar-refractivity contribution in [2.45, 2.75) is 6.04 Å². The highest BCUT2D eigenvalue weighted by molar-refractivity contribution is 6.35. The molecule has 0 aliphatic carbocycles. The summed E-state index contributed by atoms with van der Waals surface area (Å²) in [4.78, 5) is 7.54. The number of nitrogens with one attached hydrogen (secondary N) is 1. The van der Waals surface area contributed by atoms with Gasteiger partial charge in [-0.1, -0.05) is 65.7 Å². The number of H-pyrrole nitrogens is 1. The van der Waals surface area contributed by atoms with Crippen molar-refractivity contribution in [2.75, 3.05) is 0 Å². The summed E-state index contributed by atoms with van der Waals surface area (Å²) in [5.74, 6) is 0. The average Bonchev–Trinajstić information content (AvgIpc) is 3.42. The van der Waals surface area contributed by atoms with E-state index in [-0.39, 0.29) is 6.04 Å². The maximum atomic E-state index is 6.61. The van der Waals surface area contributed by atoms with E-state index < -0.39 is 0 Å². The molecule has 142 valence electrons. The molecule has 0 saturated heterocycles. The van der Waals surface area contributed by atoms with Gasteiger partial charge in [0, 0.05) is 46.0 Å². The minimum atomic E-state index is -0.130. The first kappa shape index (κ1) is 18.0. The predicted molar refractivity (Wildman–Crippen MR) is 120 cm³/mol. The molecule has 0 spiro atoms. The Kier molecular flexibility index (Phi) is 4.62. The Morgan fingerprint density at radius 1 is 0.862 bits per heavy atom. The van der Waals surface area contributed by atoms with E-state index in [1.165, 1.54) is 10.8 Å². The Bertz CT molecular complexity index is 1290. The average molecular weight is 418 g/mol. The molecule has 3 nitrogen and oxygen atoms in total. The van der Waals surface area contributed by atoms with E-state index in [1.807, 2.05) is 37.1 Å². The van der Waals surface area contributed by atoms with Crippen molar-refractivity contribution in [3.05, 3.63) is 113 Å². The van der Waals surface area contributed by atoms with Crippen LogP contribution in [0.2, 0.25) is 10.0 Å². The van der Waals surface area contributed by atoms with Crippen molar-refractivity contribution in [3.8, 4) is 11.1 Å². The van der Waals surface area contributed by atoms with Crippen LogP contribution in [0.3, 0.4) is 0 Å². The van der Waals surface area contributed by atoms with Crippen LogP contribution in [0.5, 0.6) is 0 Å². The highest BCUT2D eigenvalue weighted by atomic mass is 35.5. The quantitative estimate of drug-likeness (QED) is 0.336. The zero-order valence-corrected chi connectivity index (χ0v) is 16.9. The molecule has 1 N–H and O–H groups in total. The Balaban J connectivity index is 1.69. The molecule has 5 heteroatoms. The predicted octanol–water partition coefficient (Wildman–Crippen LogP) is 6.98. The fraction of sp³-hybridized carbons (Fsp3) is 0.0417. The second-order valence-corrected chi connectivity index (χ2v) is 7.81. The third-order valence-electron chi connectivity index (χ3n) is 5.21. The number of imidazole rings is 1. The van der Waals surface area contributed by atoms with E-state index in [4.69, 9.17) is 23.2 Å². The molecule has 0 bridgehead atoms. The summed E-state index contributed by atoms with van der Waals surface area (Å²) in [7, 11) is 0. The molecule has 0 aliphatic heterocycles. The molecule has 0 fully saturated rings. The number of fused-ring (bicyclic) bond motifs is 1.